The molecule has 0 heterocycles. The Kier molecular flexibility index (Phi) is 6.43. The van der Waals surface area contributed by atoms with Gasteiger partial charge in [-0.2, -0.15) is 5.26 Å². The number of amides is 2. The molecule has 2 N–H and O–H groups in total. The lowest BCUT2D eigenvalue weighted by atomic mass is 10.1. The summed E-state index contributed by atoms with van der Waals surface area (Å²) in [6.07, 6.45) is 2.70. The van der Waals surface area contributed by atoms with E-state index < -0.39 is 5.91 Å². The van der Waals surface area contributed by atoms with Gasteiger partial charge in [-0.3, -0.25) is 9.59 Å². The first-order valence-corrected chi connectivity index (χ1v) is 7.54. The highest BCUT2D eigenvalue weighted by Crippen LogP contribution is 2.15. The molecule has 0 aliphatic carbocycles. The van der Waals surface area contributed by atoms with Crippen molar-refractivity contribution in [3.05, 3.63) is 71.6 Å². The van der Waals surface area contributed by atoms with Gasteiger partial charge in [0.1, 0.15) is 12.2 Å². The maximum absolute atomic E-state index is 12.8. The molecule has 0 bridgehead atoms. The quantitative estimate of drug-likeness (QED) is 0.795. The lowest BCUT2D eigenvalue weighted by Crippen LogP contribution is -2.21. The zero-order valence-corrected chi connectivity index (χ0v) is 13.3. The van der Waals surface area contributed by atoms with Gasteiger partial charge in [0.05, 0.1) is 6.07 Å². The van der Waals surface area contributed by atoms with Crippen molar-refractivity contribution in [2.45, 2.75) is 13.0 Å². The first-order valence-electron chi connectivity index (χ1n) is 7.54. The van der Waals surface area contributed by atoms with E-state index in [-0.39, 0.29) is 24.7 Å². The molecule has 0 saturated carbocycles. The van der Waals surface area contributed by atoms with Crippen LogP contribution < -0.4 is 10.6 Å². The topological polar surface area (TPSA) is 82.0 Å². The van der Waals surface area contributed by atoms with Gasteiger partial charge in [0.2, 0.25) is 11.8 Å². The molecule has 0 unspecified atom stereocenters. The maximum Gasteiger partial charge on any atom is 0.244 e. The highest BCUT2D eigenvalue weighted by Gasteiger charge is 2.06. The third-order valence-corrected chi connectivity index (χ3v) is 3.28. The average molecular weight is 337 g/mol. The Morgan fingerprint density at radius 3 is 2.56 bits per heavy atom. The van der Waals surface area contributed by atoms with Crippen molar-refractivity contribution in [3.8, 4) is 6.07 Å². The molecule has 0 aliphatic rings. The Labute approximate surface area is 144 Å². The van der Waals surface area contributed by atoms with Gasteiger partial charge in [0.25, 0.3) is 0 Å². The Hall–Kier alpha value is -3.46. The van der Waals surface area contributed by atoms with Crippen molar-refractivity contribution in [3.63, 3.8) is 0 Å². The van der Waals surface area contributed by atoms with Crippen LogP contribution in [0.4, 0.5) is 10.1 Å². The fraction of sp³-hybridized carbons (Fsp3) is 0.105. The number of nitrogens with one attached hydrogen (secondary N) is 2. The summed E-state index contributed by atoms with van der Waals surface area (Å²) < 4.78 is 12.8. The maximum atomic E-state index is 12.8. The van der Waals surface area contributed by atoms with Crippen molar-refractivity contribution in [2.24, 2.45) is 0 Å². The van der Waals surface area contributed by atoms with E-state index in [2.05, 4.69) is 10.6 Å². The van der Waals surface area contributed by atoms with E-state index in [0.717, 1.165) is 5.56 Å². The smallest absolute Gasteiger partial charge is 0.244 e. The van der Waals surface area contributed by atoms with Crippen LogP contribution in [0.5, 0.6) is 0 Å². The van der Waals surface area contributed by atoms with E-state index in [1.807, 2.05) is 0 Å². The van der Waals surface area contributed by atoms with E-state index in [4.69, 9.17) is 5.26 Å². The summed E-state index contributed by atoms with van der Waals surface area (Å²) in [4.78, 5) is 23.4. The Bertz CT molecular complexity index is 823. The van der Waals surface area contributed by atoms with Crippen LogP contribution in [-0.4, -0.2) is 11.8 Å². The van der Waals surface area contributed by atoms with E-state index >= 15 is 0 Å². The minimum absolute atomic E-state index is 0.218. The van der Waals surface area contributed by atoms with Crippen LogP contribution in [0.25, 0.3) is 6.08 Å². The van der Waals surface area contributed by atoms with Gasteiger partial charge in [0.15, 0.2) is 0 Å². The molecule has 2 aromatic carbocycles. The van der Waals surface area contributed by atoms with Gasteiger partial charge in [0, 0.05) is 18.3 Å². The lowest BCUT2D eigenvalue weighted by molar-refractivity contribution is -0.116. The van der Waals surface area contributed by atoms with Crippen molar-refractivity contribution in [1.82, 2.24) is 5.32 Å². The molecule has 0 radical (unpaired) electrons. The molecule has 0 aromatic heterocycles. The van der Waals surface area contributed by atoms with Gasteiger partial charge >= 0.3 is 0 Å². The highest BCUT2D eigenvalue weighted by molar-refractivity contribution is 5.93. The number of hydrogen-bond donors (Lipinski definition) is 2. The molecule has 2 aromatic rings. The molecule has 5 nitrogen and oxygen atoms in total. The minimum Gasteiger partial charge on any atom is -0.348 e. The van der Waals surface area contributed by atoms with Crippen LogP contribution in [0.3, 0.4) is 0 Å². The molecule has 0 aliphatic heterocycles. The Morgan fingerprint density at radius 2 is 1.84 bits per heavy atom. The number of para-hydroxylation sites is 1. The molecule has 0 atom stereocenters. The number of rotatable bonds is 6. The summed E-state index contributed by atoms with van der Waals surface area (Å²) in [7, 11) is 0. The van der Waals surface area contributed by atoms with Gasteiger partial charge in [-0.1, -0.05) is 30.3 Å². The van der Waals surface area contributed by atoms with Crippen molar-refractivity contribution >= 4 is 23.6 Å². The zero-order chi connectivity index (χ0) is 18.1. The summed E-state index contributed by atoms with van der Waals surface area (Å²) >= 11 is 0. The number of nitriles is 1. The first kappa shape index (κ1) is 17.9. The van der Waals surface area contributed by atoms with Gasteiger partial charge in [-0.15, -0.1) is 0 Å². The van der Waals surface area contributed by atoms with Crippen molar-refractivity contribution < 1.29 is 14.0 Å². The van der Waals surface area contributed by atoms with Crippen LogP contribution in [0, 0.1) is 17.1 Å². The number of nitrogens with zero attached hydrogens (tertiary/aromatic N) is 1. The van der Waals surface area contributed by atoms with Crippen molar-refractivity contribution in [2.75, 3.05) is 5.32 Å². The number of benzene rings is 2. The Balaban J connectivity index is 1.94. The van der Waals surface area contributed by atoms with Crippen LogP contribution in [-0.2, 0) is 16.1 Å². The van der Waals surface area contributed by atoms with Gasteiger partial charge in [-0.05, 0) is 35.4 Å². The van der Waals surface area contributed by atoms with Crippen molar-refractivity contribution in [1.29, 1.82) is 5.26 Å². The molecule has 6 heteroatoms. The molecule has 25 heavy (non-hydrogen) atoms. The molecule has 0 saturated heterocycles. The Morgan fingerprint density at radius 1 is 1.12 bits per heavy atom. The fourth-order valence-corrected chi connectivity index (χ4v) is 2.05. The number of anilines is 1. The second-order valence-electron chi connectivity index (χ2n) is 5.14. The molecule has 2 rings (SSSR count). The summed E-state index contributed by atoms with van der Waals surface area (Å²) in [6, 6.07) is 14.6. The fourth-order valence-electron chi connectivity index (χ4n) is 2.05. The van der Waals surface area contributed by atoms with E-state index in [0.29, 0.717) is 11.3 Å². The number of carbonyl (C=O) groups is 2. The van der Waals surface area contributed by atoms with Crippen LogP contribution in [0.2, 0.25) is 0 Å². The summed E-state index contributed by atoms with van der Waals surface area (Å²) in [6.45, 7) is 0.218. The minimum atomic E-state index is -0.405. The third kappa shape index (κ3) is 5.92. The van der Waals surface area contributed by atoms with Crippen LogP contribution >= 0.6 is 0 Å². The SMILES string of the molecule is N#CCC(=O)Nc1ccccc1CNC(=O)/C=C/c1ccc(F)cc1. The molecular formula is C19H16FN3O2. The molecule has 0 fully saturated rings. The number of hydrogen-bond acceptors (Lipinski definition) is 3. The monoisotopic (exact) mass is 337 g/mol. The van der Waals surface area contributed by atoms with E-state index in [1.165, 1.54) is 18.2 Å². The third-order valence-electron chi connectivity index (χ3n) is 3.28. The number of carbonyl (C=O) groups excluding carboxylic acids is 2. The second kappa shape index (κ2) is 8.99. The second-order valence-corrected chi connectivity index (χ2v) is 5.14. The van der Waals surface area contributed by atoms with Gasteiger partial charge < -0.3 is 10.6 Å². The zero-order valence-electron chi connectivity index (χ0n) is 13.3. The largest absolute Gasteiger partial charge is 0.348 e. The van der Waals surface area contributed by atoms with Crippen LogP contribution in [0.15, 0.2) is 54.6 Å². The van der Waals surface area contributed by atoms with Crippen LogP contribution in [0.1, 0.15) is 17.5 Å². The van der Waals surface area contributed by atoms with E-state index in [1.54, 1.807) is 48.5 Å². The normalized spacial score (nSPS) is 10.2. The lowest BCUT2D eigenvalue weighted by Gasteiger charge is -2.10. The molecule has 126 valence electrons. The average Bonchev–Trinajstić information content (AvgIpc) is 2.60. The molecular weight excluding hydrogens is 321 g/mol. The summed E-state index contributed by atoms with van der Waals surface area (Å²) in [5.41, 5.74) is 1.98. The number of halogens is 1. The van der Waals surface area contributed by atoms with E-state index in [9.17, 15) is 14.0 Å². The first-order chi connectivity index (χ1) is 12.1. The standard InChI is InChI=1S/C19H16FN3O2/c20-16-8-5-14(6-9-16)7-10-18(24)22-13-15-3-1-2-4-17(15)23-19(25)11-12-21/h1-10H,11,13H2,(H,22,24)(H,23,25)/b10-7+. The predicted octanol–water partition coefficient (Wildman–Crippen LogP) is 3.01. The van der Waals surface area contributed by atoms with Gasteiger partial charge in [-0.25, -0.2) is 4.39 Å². The molecule has 2 amide bonds. The summed E-state index contributed by atoms with van der Waals surface area (Å²) in [5.74, 6) is -1.06. The highest BCUT2D eigenvalue weighted by atomic mass is 19.1. The predicted molar refractivity (Wildman–Crippen MR) is 92.6 cm³/mol. The summed E-state index contributed by atoms with van der Waals surface area (Å²) in [5, 5.41) is 13.9. The molecule has 0 spiro atoms.